The molecule has 3 N–H and O–H groups in total. The normalized spacial score (nSPS) is 13.2. The molecule has 0 spiro atoms. The summed E-state index contributed by atoms with van der Waals surface area (Å²) in [4.78, 5) is 35.0. The lowest BCUT2D eigenvalue weighted by Crippen LogP contribution is -2.29. The maximum atomic E-state index is 13.5. The van der Waals surface area contributed by atoms with Gasteiger partial charge in [0.25, 0.3) is 5.91 Å². The minimum atomic E-state index is -0.664. The molecule has 1 saturated heterocycles. The van der Waals surface area contributed by atoms with Crippen LogP contribution in [-0.4, -0.2) is 39.8 Å². The van der Waals surface area contributed by atoms with Gasteiger partial charge in [0.1, 0.15) is 17.5 Å². The summed E-state index contributed by atoms with van der Waals surface area (Å²) in [6, 6.07) is 11.7. The monoisotopic (exact) mass is 481 g/mol. The third-order valence-corrected chi connectivity index (χ3v) is 6.09. The Morgan fingerprint density at radius 2 is 1.91 bits per heavy atom. The Kier molecular flexibility index (Phi) is 7.37. The molecule has 1 aliphatic heterocycles. The number of amides is 2. The van der Waals surface area contributed by atoms with Crippen molar-refractivity contribution in [1.82, 2.24) is 14.9 Å². The zero-order valence-corrected chi connectivity index (χ0v) is 19.3. The molecule has 0 aliphatic carbocycles. The summed E-state index contributed by atoms with van der Waals surface area (Å²) in [6.45, 7) is 1.85. The number of nitrogens with zero attached hydrogens (tertiary/aromatic N) is 3. The fourth-order valence-electron chi connectivity index (χ4n) is 3.95. The molecule has 2 amide bonds. The summed E-state index contributed by atoms with van der Waals surface area (Å²) in [7, 11) is 0. The van der Waals surface area contributed by atoms with E-state index < -0.39 is 5.91 Å². The molecule has 34 heavy (non-hydrogen) atoms. The molecule has 0 bridgehead atoms. The lowest BCUT2D eigenvalue weighted by Gasteiger charge is -2.16. The second-order valence-corrected chi connectivity index (χ2v) is 8.67. The topological polar surface area (TPSA) is 101 Å². The van der Waals surface area contributed by atoms with Gasteiger partial charge in [0.2, 0.25) is 5.91 Å². The van der Waals surface area contributed by atoms with Gasteiger partial charge in [-0.2, -0.15) is 0 Å². The fraction of sp³-hybridized carbons (Fsp3) is 0.280. The summed E-state index contributed by atoms with van der Waals surface area (Å²) in [5.74, 6) is -0.199. The molecule has 0 radical (unpaired) electrons. The van der Waals surface area contributed by atoms with Crippen LogP contribution in [0.2, 0.25) is 5.02 Å². The molecule has 0 unspecified atom stereocenters. The van der Waals surface area contributed by atoms with Crippen LogP contribution < -0.4 is 11.1 Å². The van der Waals surface area contributed by atoms with Crippen molar-refractivity contribution in [3.63, 3.8) is 0 Å². The third-order valence-electron chi connectivity index (χ3n) is 5.73. The zero-order valence-electron chi connectivity index (χ0n) is 18.6. The molecular weight excluding hydrogens is 457 g/mol. The number of nitrogens with one attached hydrogen (secondary N) is 1. The highest BCUT2D eigenvalue weighted by atomic mass is 35.5. The Morgan fingerprint density at radius 1 is 1.12 bits per heavy atom. The number of carbonyl (C=O) groups is 2. The van der Waals surface area contributed by atoms with E-state index in [9.17, 15) is 14.0 Å². The van der Waals surface area contributed by atoms with E-state index in [-0.39, 0.29) is 36.1 Å². The molecule has 0 atom stereocenters. The van der Waals surface area contributed by atoms with Crippen molar-refractivity contribution in [1.29, 1.82) is 0 Å². The number of hydrogen-bond acceptors (Lipinski definition) is 5. The number of carbonyl (C=O) groups excluding carboxylic acids is 2. The number of benzene rings is 2. The predicted molar refractivity (Wildman–Crippen MR) is 128 cm³/mol. The van der Waals surface area contributed by atoms with E-state index in [1.54, 1.807) is 18.2 Å². The van der Waals surface area contributed by atoms with Crippen LogP contribution in [0.4, 0.5) is 10.2 Å². The van der Waals surface area contributed by atoms with Crippen LogP contribution >= 0.6 is 11.6 Å². The van der Waals surface area contributed by atoms with Gasteiger partial charge in [0, 0.05) is 37.3 Å². The average Bonchev–Trinajstić information content (AvgIpc) is 3.35. The SMILES string of the molecule is NC(=O)c1cnc(Cc2ccc(Cl)c(CC(=O)N3CCCC3)c2)nc1NCc1cccc(F)c1. The molecule has 4 rings (SSSR count). The van der Waals surface area contributed by atoms with E-state index >= 15 is 0 Å². The number of primary amides is 1. The Labute approximate surface area is 202 Å². The minimum Gasteiger partial charge on any atom is -0.365 e. The lowest BCUT2D eigenvalue weighted by molar-refractivity contribution is -0.129. The molecule has 2 aromatic carbocycles. The molecule has 176 valence electrons. The van der Waals surface area contributed by atoms with Crippen molar-refractivity contribution in [2.24, 2.45) is 5.73 Å². The molecule has 0 saturated carbocycles. The number of likely N-dealkylation sites (tertiary alicyclic amines) is 1. The van der Waals surface area contributed by atoms with E-state index in [1.807, 2.05) is 17.0 Å². The van der Waals surface area contributed by atoms with E-state index in [0.717, 1.165) is 37.1 Å². The molecule has 1 fully saturated rings. The summed E-state index contributed by atoms with van der Waals surface area (Å²) in [6.07, 6.45) is 4.07. The van der Waals surface area contributed by atoms with Crippen molar-refractivity contribution in [3.05, 3.63) is 87.6 Å². The third kappa shape index (κ3) is 5.88. The van der Waals surface area contributed by atoms with Crippen LogP contribution in [-0.2, 0) is 24.2 Å². The fourth-order valence-corrected chi connectivity index (χ4v) is 4.13. The summed E-state index contributed by atoms with van der Waals surface area (Å²) in [5, 5.41) is 3.59. The molecule has 2 heterocycles. The lowest BCUT2D eigenvalue weighted by atomic mass is 10.0. The van der Waals surface area contributed by atoms with E-state index in [4.69, 9.17) is 17.3 Å². The van der Waals surface area contributed by atoms with Gasteiger partial charge in [0.15, 0.2) is 0 Å². The Hall–Kier alpha value is -3.52. The van der Waals surface area contributed by atoms with Crippen LogP contribution in [0.1, 0.15) is 45.7 Å². The highest BCUT2D eigenvalue weighted by Gasteiger charge is 2.19. The van der Waals surface area contributed by atoms with Crippen LogP contribution in [0.25, 0.3) is 0 Å². The number of anilines is 1. The number of rotatable bonds is 8. The van der Waals surface area contributed by atoms with Gasteiger partial charge < -0.3 is 16.0 Å². The van der Waals surface area contributed by atoms with E-state index in [2.05, 4.69) is 15.3 Å². The number of halogens is 2. The standard InChI is InChI=1S/C25H25ClFN5O2/c26-21-7-6-16(10-18(21)13-23(33)32-8-1-2-9-32)12-22-29-15-20(24(28)34)25(31-22)30-14-17-4-3-5-19(27)11-17/h3-7,10-11,15H,1-2,8-9,12-14H2,(H2,28,34)(H,29,30,31). The van der Waals surface area contributed by atoms with Gasteiger partial charge in [-0.1, -0.05) is 35.9 Å². The van der Waals surface area contributed by atoms with E-state index in [1.165, 1.54) is 18.3 Å². The summed E-state index contributed by atoms with van der Waals surface area (Å²) in [5.41, 5.74) is 7.96. The Bertz CT molecular complexity index is 1210. The quantitative estimate of drug-likeness (QED) is 0.510. The molecule has 1 aromatic heterocycles. The van der Waals surface area contributed by atoms with E-state index in [0.29, 0.717) is 22.8 Å². The van der Waals surface area contributed by atoms with Gasteiger partial charge in [-0.3, -0.25) is 9.59 Å². The van der Waals surface area contributed by atoms with Crippen molar-refractivity contribution in [2.75, 3.05) is 18.4 Å². The van der Waals surface area contributed by atoms with Crippen LogP contribution in [0.15, 0.2) is 48.7 Å². The van der Waals surface area contributed by atoms with Gasteiger partial charge in [0.05, 0.1) is 12.0 Å². The van der Waals surface area contributed by atoms with Crippen molar-refractivity contribution in [2.45, 2.75) is 32.2 Å². The number of nitrogens with two attached hydrogens (primary N) is 1. The zero-order chi connectivity index (χ0) is 24.1. The Balaban J connectivity index is 1.51. The molecular formula is C25H25ClFN5O2. The van der Waals surface area contributed by atoms with Gasteiger partial charge >= 0.3 is 0 Å². The highest BCUT2D eigenvalue weighted by molar-refractivity contribution is 6.31. The first kappa shape index (κ1) is 23.6. The second-order valence-electron chi connectivity index (χ2n) is 8.26. The smallest absolute Gasteiger partial charge is 0.254 e. The molecule has 3 aromatic rings. The maximum absolute atomic E-state index is 13.5. The predicted octanol–water partition coefficient (Wildman–Crippen LogP) is 3.74. The van der Waals surface area contributed by atoms with Crippen LogP contribution in [0.3, 0.4) is 0 Å². The van der Waals surface area contributed by atoms with Gasteiger partial charge in [-0.05, 0) is 47.7 Å². The van der Waals surface area contributed by atoms with Gasteiger partial charge in [-0.25, -0.2) is 14.4 Å². The second kappa shape index (κ2) is 10.6. The van der Waals surface area contributed by atoms with Crippen LogP contribution in [0.5, 0.6) is 0 Å². The summed E-state index contributed by atoms with van der Waals surface area (Å²) < 4.78 is 13.5. The molecule has 7 nitrogen and oxygen atoms in total. The highest BCUT2D eigenvalue weighted by Crippen LogP contribution is 2.22. The minimum absolute atomic E-state index is 0.0717. The first-order chi connectivity index (χ1) is 16.4. The van der Waals surface area contributed by atoms with Gasteiger partial charge in [-0.15, -0.1) is 0 Å². The van der Waals surface area contributed by atoms with Crippen LogP contribution in [0, 0.1) is 5.82 Å². The first-order valence-electron chi connectivity index (χ1n) is 11.1. The first-order valence-corrected chi connectivity index (χ1v) is 11.5. The average molecular weight is 482 g/mol. The largest absolute Gasteiger partial charge is 0.365 e. The maximum Gasteiger partial charge on any atom is 0.254 e. The number of aromatic nitrogens is 2. The molecule has 9 heteroatoms. The molecule has 1 aliphatic rings. The number of hydrogen-bond donors (Lipinski definition) is 2. The van der Waals surface area contributed by atoms with Crippen molar-refractivity contribution < 1.29 is 14.0 Å². The summed E-state index contributed by atoms with van der Waals surface area (Å²) >= 11 is 6.35. The Morgan fingerprint density at radius 3 is 2.65 bits per heavy atom. The van der Waals surface area contributed by atoms with Crippen molar-refractivity contribution in [3.8, 4) is 0 Å². The van der Waals surface area contributed by atoms with Crippen molar-refractivity contribution >= 4 is 29.2 Å².